The van der Waals surface area contributed by atoms with Crippen LogP contribution in [0.3, 0.4) is 0 Å². The second kappa shape index (κ2) is 3.25. The molecule has 0 aliphatic carbocycles. The molecule has 1 aliphatic heterocycles. The van der Waals surface area contributed by atoms with E-state index in [-0.39, 0.29) is 9.45 Å². The summed E-state index contributed by atoms with van der Waals surface area (Å²) >= 11 is 5.06. The normalized spacial score (nSPS) is 21.0. The Morgan fingerprint density at radius 1 is 1.42 bits per heavy atom. The van der Waals surface area contributed by atoms with E-state index in [1.165, 1.54) is 0 Å². The molecule has 0 fully saturated rings. The number of hydrogen-bond donors (Lipinski definition) is 0. The summed E-state index contributed by atoms with van der Waals surface area (Å²) in [6, 6.07) is 3.87. The maximum Gasteiger partial charge on any atom is 0.0793 e. The quantitative estimate of drug-likeness (QED) is 0.677. The lowest BCUT2D eigenvalue weighted by atomic mass is 10.2. The second-order valence-electron chi connectivity index (χ2n) is 2.31. The van der Waals surface area contributed by atoms with Crippen LogP contribution in [0.25, 0.3) is 5.70 Å². The van der Waals surface area contributed by atoms with Gasteiger partial charge in [-0.3, -0.25) is 4.98 Å². The average molecular weight is 194 g/mol. The highest BCUT2D eigenvalue weighted by atomic mass is 32.8. The van der Waals surface area contributed by atoms with E-state index in [1.807, 2.05) is 17.5 Å². The lowest BCUT2D eigenvalue weighted by Crippen LogP contribution is -1.79. The first-order chi connectivity index (χ1) is 5.86. The van der Waals surface area contributed by atoms with E-state index < -0.39 is 0 Å². The molecule has 0 radical (unpaired) electrons. The van der Waals surface area contributed by atoms with Crippen molar-refractivity contribution < 1.29 is 0 Å². The number of aliphatic imine (C=N–C) groups is 1. The van der Waals surface area contributed by atoms with Crippen LogP contribution in [0.15, 0.2) is 34.9 Å². The fourth-order valence-electron chi connectivity index (χ4n) is 0.936. The molecule has 2 nitrogen and oxygen atoms in total. The van der Waals surface area contributed by atoms with E-state index in [0.29, 0.717) is 0 Å². The first-order valence-electron chi connectivity index (χ1n) is 3.42. The third-order valence-electron chi connectivity index (χ3n) is 1.48. The summed E-state index contributed by atoms with van der Waals surface area (Å²) in [6.45, 7) is 0. The molecule has 1 aliphatic rings. The van der Waals surface area contributed by atoms with Crippen molar-refractivity contribution in [3.63, 3.8) is 0 Å². The van der Waals surface area contributed by atoms with Gasteiger partial charge >= 0.3 is 0 Å². The van der Waals surface area contributed by atoms with Gasteiger partial charge < -0.3 is 0 Å². The van der Waals surface area contributed by atoms with Gasteiger partial charge in [-0.05, 0) is 23.3 Å². The molecule has 0 saturated heterocycles. The standard InChI is InChI=1S/C8H6N2S2/c11-12-5-8(10-6-12)7-2-1-3-9-4-7/h1-6H. The van der Waals surface area contributed by atoms with Crippen molar-refractivity contribution in [2.75, 3.05) is 0 Å². The number of pyridine rings is 1. The Morgan fingerprint density at radius 3 is 2.92 bits per heavy atom. The zero-order valence-corrected chi connectivity index (χ0v) is 7.81. The van der Waals surface area contributed by atoms with Crippen molar-refractivity contribution in [1.82, 2.24) is 4.98 Å². The van der Waals surface area contributed by atoms with Crippen LogP contribution >= 0.6 is 0 Å². The van der Waals surface area contributed by atoms with Crippen LogP contribution in [0.2, 0.25) is 0 Å². The fourth-order valence-corrected chi connectivity index (χ4v) is 2.03. The molecule has 0 bridgehead atoms. The van der Waals surface area contributed by atoms with Crippen molar-refractivity contribution in [1.29, 1.82) is 0 Å². The van der Waals surface area contributed by atoms with Crippen LogP contribution in [-0.4, -0.2) is 10.5 Å². The molecular formula is C8H6N2S2. The topological polar surface area (TPSA) is 25.2 Å². The van der Waals surface area contributed by atoms with Gasteiger partial charge in [-0.2, -0.15) is 0 Å². The van der Waals surface area contributed by atoms with Gasteiger partial charge in [0.05, 0.1) is 11.2 Å². The number of nitrogens with zero attached hydrogens (tertiary/aromatic N) is 2. The summed E-state index contributed by atoms with van der Waals surface area (Å²) in [5.41, 5.74) is 3.77. The van der Waals surface area contributed by atoms with E-state index in [9.17, 15) is 0 Å². The smallest absolute Gasteiger partial charge is 0.0793 e. The van der Waals surface area contributed by atoms with Gasteiger partial charge in [-0.15, -0.1) is 0 Å². The monoisotopic (exact) mass is 194 g/mol. The fraction of sp³-hybridized carbons (Fsp3) is 0. The van der Waals surface area contributed by atoms with Gasteiger partial charge in [0, 0.05) is 23.4 Å². The van der Waals surface area contributed by atoms with Gasteiger partial charge in [0.15, 0.2) is 0 Å². The summed E-state index contributed by atoms with van der Waals surface area (Å²) in [6.07, 6.45) is 3.54. The molecule has 1 aromatic heterocycles. The summed E-state index contributed by atoms with van der Waals surface area (Å²) in [7, 11) is -0.202. The molecule has 0 N–H and O–H groups in total. The maximum atomic E-state index is 5.06. The third-order valence-corrected chi connectivity index (χ3v) is 2.80. The molecule has 4 heteroatoms. The highest BCUT2D eigenvalue weighted by Crippen LogP contribution is 2.18. The maximum absolute atomic E-state index is 5.06. The van der Waals surface area contributed by atoms with E-state index in [2.05, 4.69) is 9.98 Å². The summed E-state index contributed by atoms with van der Waals surface area (Å²) in [4.78, 5) is 8.20. The Morgan fingerprint density at radius 2 is 2.33 bits per heavy atom. The van der Waals surface area contributed by atoms with Crippen molar-refractivity contribution in [3.8, 4) is 0 Å². The van der Waals surface area contributed by atoms with Crippen LogP contribution in [0.5, 0.6) is 0 Å². The number of aromatic nitrogens is 1. The van der Waals surface area contributed by atoms with E-state index in [4.69, 9.17) is 11.2 Å². The summed E-state index contributed by atoms with van der Waals surface area (Å²) in [5, 5.41) is 1.98. The van der Waals surface area contributed by atoms with Crippen molar-refractivity contribution in [3.05, 3.63) is 35.5 Å². The second-order valence-corrected chi connectivity index (χ2v) is 4.57. The van der Waals surface area contributed by atoms with Gasteiger partial charge in [0.2, 0.25) is 0 Å². The van der Waals surface area contributed by atoms with Crippen LogP contribution in [-0.2, 0) is 20.6 Å². The van der Waals surface area contributed by atoms with Crippen molar-refractivity contribution in [2.24, 2.45) is 4.99 Å². The molecule has 0 spiro atoms. The molecule has 0 aromatic carbocycles. The Bertz CT molecular complexity index is 368. The molecule has 12 heavy (non-hydrogen) atoms. The molecule has 0 amide bonds. The van der Waals surface area contributed by atoms with E-state index >= 15 is 0 Å². The molecule has 1 aromatic rings. The average Bonchev–Trinajstić information content (AvgIpc) is 2.54. The van der Waals surface area contributed by atoms with Crippen LogP contribution in [0, 0.1) is 0 Å². The number of rotatable bonds is 1. The Hall–Kier alpha value is -0.870. The molecule has 0 saturated carbocycles. The summed E-state index contributed by atoms with van der Waals surface area (Å²) < 4.78 is 0. The predicted octanol–water partition coefficient (Wildman–Crippen LogP) is 1.50. The lowest BCUT2D eigenvalue weighted by Gasteiger charge is -1.94. The molecule has 60 valence electrons. The Balaban J connectivity index is 2.40. The van der Waals surface area contributed by atoms with Gasteiger partial charge in [-0.25, -0.2) is 4.99 Å². The number of hydrogen-bond acceptors (Lipinski definition) is 3. The van der Waals surface area contributed by atoms with Crippen molar-refractivity contribution >= 4 is 31.9 Å². The zero-order valence-electron chi connectivity index (χ0n) is 6.18. The highest BCUT2D eigenvalue weighted by Gasteiger charge is 2.04. The largest absolute Gasteiger partial charge is 0.264 e. The van der Waals surface area contributed by atoms with Gasteiger partial charge in [0.25, 0.3) is 0 Å². The lowest BCUT2D eigenvalue weighted by molar-refractivity contribution is 1.30. The minimum Gasteiger partial charge on any atom is -0.264 e. The van der Waals surface area contributed by atoms with E-state index in [1.54, 1.807) is 17.9 Å². The third kappa shape index (κ3) is 1.49. The van der Waals surface area contributed by atoms with Crippen molar-refractivity contribution in [2.45, 2.75) is 0 Å². The summed E-state index contributed by atoms with van der Waals surface area (Å²) in [5.74, 6) is 0. The van der Waals surface area contributed by atoms with Gasteiger partial charge in [0.1, 0.15) is 0 Å². The molecule has 2 rings (SSSR count). The van der Waals surface area contributed by atoms with Crippen LogP contribution in [0.4, 0.5) is 0 Å². The minimum absolute atomic E-state index is 0.202. The minimum atomic E-state index is -0.202. The van der Waals surface area contributed by atoms with Gasteiger partial charge in [-0.1, -0.05) is 9.45 Å². The predicted molar refractivity (Wildman–Crippen MR) is 55.4 cm³/mol. The van der Waals surface area contributed by atoms with Crippen LogP contribution in [0.1, 0.15) is 5.56 Å². The molecule has 2 heterocycles. The SMILES string of the molecule is S=S1C=NC(c2cccnc2)=C1. The first-order valence-corrected chi connectivity index (χ1v) is 5.70. The highest BCUT2D eigenvalue weighted by molar-refractivity contribution is 8.38. The van der Waals surface area contributed by atoms with Crippen LogP contribution < -0.4 is 0 Å². The Labute approximate surface area is 77.6 Å². The first kappa shape index (κ1) is 7.76. The Kier molecular flexibility index (Phi) is 2.10. The zero-order chi connectivity index (χ0) is 8.39. The molecule has 1 unspecified atom stereocenters. The van der Waals surface area contributed by atoms with E-state index in [0.717, 1.165) is 11.3 Å². The molecule has 1 atom stereocenters. The molecular weight excluding hydrogens is 188 g/mol.